The van der Waals surface area contributed by atoms with Gasteiger partial charge in [-0.05, 0) is 128 Å². The van der Waals surface area contributed by atoms with Crippen LogP contribution in [0.4, 0.5) is 0 Å². The molecule has 234 valence electrons. The molecule has 0 aromatic heterocycles. The number of methoxy groups -OCH3 is 1. The van der Waals surface area contributed by atoms with Gasteiger partial charge in [0, 0.05) is 12.5 Å². The number of aliphatic hydroxyl groups excluding tert-OH is 2. The van der Waals surface area contributed by atoms with Gasteiger partial charge in [-0.15, -0.1) is 0 Å². The van der Waals surface area contributed by atoms with Crippen LogP contribution in [0.1, 0.15) is 90.5 Å². The maximum Gasteiger partial charge on any atom is 0.328 e. The number of hydrogen-bond acceptors (Lipinski definition) is 6. The lowest BCUT2D eigenvalue weighted by atomic mass is 9.43. The van der Waals surface area contributed by atoms with E-state index in [1.54, 1.807) is 12.1 Å². The molecule has 0 bridgehead atoms. The molecule has 1 aromatic rings. The predicted molar refractivity (Wildman–Crippen MR) is 160 cm³/mol. The van der Waals surface area contributed by atoms with E-state index in [0.29, 0.717) is 46.8 Å². The van der Waals surface area contributed by atoms with Crippen LogP contribution in [0.25, 0.3) is 6.08 Å². The summed E-state index contributed by atoms with van der Waals surface area (Å²) in [6.45, 7) is 7.16. The monoisotopic (exact) mass is 586 g/mol. The molecule has 0 heterocycles. The minimum absolute atomic E-state index is 0.0278. The second-order valence-electron chi connectivity index (χ2n) is 14.0. The minimum atomic E-state index is -1.02. The topological polar surface area (TPSA) is 145 Å². The molecule has 0 spiro atoms. The number of carboxylic acid groups (broad SMARTS) is 2. The second kappa shape index (κ2) is 13.0. The number of rotatable bonds is 7. The van der Waals surface area contributed by atoms with Gasteiger partial charge < -0.3 is 30.3 Å². The lowest BCUT2D eigenvalue weighted by Gasteiger charge is -2.62. The predicted octanol–water partition coefficient (Wildman–Crippen LogP) is 5.98. The summed E-state index contributed by atoms with van der Waals surface area (Å²) in [7, 11) is 1.43. The summed E-state index contributed by atoms with van der Waals surface area (Å²) in [5, 5.41) is 48.2. The Morgan fingerprint density at radius 2 is 1.71 bits per heavy atom. The van der Waals surface area contributed by atoms with Crippen LogP contribution in [0.2, 0.25) is 0 Å². The van der Waals surface area contributed by atoms with Crippen LogP contribution < -0.4 is 4.74 Å². The number of fused-ring (bicyclic) bond motifs is 5. The standard InChI is InChI=1S/C24H40O4.C10H10O4/c1-14(4-7-21(27)28)17-5-6-18-22-19(9-11-24(17,18)3)23(2)10-8-16(25)12-15(23)13-20(22)26;1-14-9-6-7(2-4-8(9)11)3-5-10(12)13/h14-20,22,25-26H,4-13H2,1-3H3,(H,27,28);2-6,11H,1H3,(H,12,13)/b;5-3+/t14-,15+,16-,17-,18?,19?,20+,22?,23+,24-;/m1./s1. The normalized spacial score (nSPS) is 37.9. The van der Waals surface area contributed by atoms with E-state index < -0.39 is 11.9 Å². The molecule has 4 fully saturated rings. The maximum atomic E-state index is 11.2. The van der Waals surface area contributed by atoms with E-state index in [2.05, 4.69) is 20.8 Å². The third-order valence-electron chi connectivity index (χ3n) is 11.9. The number of hydrogen-bond donors (Lipinski definition) is 5. The van der Waals surface area contributed by atoms with Crippen molar-refractivity contribution in [1.82, 2.24) is 0 Å². The van der Waals surface area contributed by atoms with Crippen molar-refractivity contribution < 1.29 is 39.9 Å². The molecule has 0 radical (unpaired) electrons. The summed E-state index contributed by atoms with van der Waals surface area (Å²) in [5.74, 6) is 1.68. The average Bonchev–Trinajstić information content (AvgIpc) is 3.29. The number of aliphatic carboxylic acids is 2. The van der Waals surface area contributed by atoms with Gasteiger partial charge in [-0.1, -0.05) is 26.8 Å². The Bertz CT molecular complexity index is 1150. The average molecular weight is 587 g/mol. The molecule has 10 atom stereocenters. The Kier molecular flexibility index (Phi) is 9.98. The zero-order valence-electron chi connectivity index (χ0n) is 25.5. The molecule has 0 saturated heterocycles. The number of carboxylic acids is 2. The van der Waals surface area contributed by atoms with Crippen molar-refractivity contribution in [3.05, 3.63) is 29.8 Å². The molecule has 5 N–H and O–H groups in total. The molecule has 5 rings (SSSR count). The fraction of sp³-hybridized carbons (Fsp3) is 0.706. The van der Waals surface area contributed by atoms with Gasteiger partial charge in [0.1, 0.15) is 0 Å². The van der Waals surface area contributed by atoms with E-state index >= 15 is 0 Å². The highest BCUT2D eigenvalue weighted by atomic mass is 16.5. The van der Waals surface area contributed by atoms with Crippen molar-refractivity contribution in [3.8, 4) is 11.5 Å². The molecule has 8 heteroatoms. The van der Waals surface area contributed by atoms with Gasteiger partial charge in [0.2, 0.25) is 0 Å². The van der Waals surface area contributed by atoms with Gasteiger partial charge in [-0.3, -0.25) is 4.79 Å². The summed E-state index contributed by atoms with van der Waals surface area (Å²) in [4.78, 5) is 21.3. The lowest BCUT2D eigenvalue weighted by Crippen LogP contribution is -2.58. The van der Waals surface area contributed by atoms with Gasteiger partial charge in [0.05, 0.1) is 19.3 Å². The van der Waals surface area contributed by atoms with Crippen LogP contribution in [-0.2, 0) is 9.59 Å². The molecule has 3 unspecified atom stereocenters. The maximum absolute atomic E-state index is 11.2. The summed E-state index contributed by atoms with van der Waals surface area (Å²) < 4.78 is 4.86. The molecule has 1 aromatic carbocycles. The summed E-state index contributed by atoms with van der Waals surface area (Å²) in [6, 6.07) is 4.59. The van der Waals surface area contributed by atoms with Gasteiger partial charge in [-0.25, -0.2) is 4.79 Å². The fourth-order valence-corrected chi connectivity index (χ4v) is 9.69. The van der Waals surface area contributed by atoms with Crippen LogP contribution in [0.3, 0.4) is 0 Å². The Morgan fingerprint density at radius 3 is 2.38 bits per heavy atom. The van der Waals surface area contributed by atoms with E-state index in [4.69, 9.17) is 14.9 Å². The Balaban J connectivity index is 0.000000244. The lowest BCUT2D eigenvalue weighted by molar-refractivity contribution is -0.174. The highest BCUT2D eigenvalue weighted by molar-refractivity contribution is 5.85. The van der Waals surface area contributed by atoms with Crippen molar-refractivity contribution in [3.63, 3.8) is 0 Å². The highest BCUT2D eigenvalue weighted by Gasteiger charge is 2.62. The third kappa shape index (κ3) is 6.49. The van der Waals surface area contributed by atoms with Crippen molar-refractivity contribution in [1.29, 1.82) is 0 Å². The highest BCUT2D eigenvalue weighted by Crippen LogP contribution is 2.68. The number of ether oxygens (including phenoxy) is 1. The molecular formula is C34H50O8. The van der Waals surface area contributed by atoms with Crippen molar-refractivity contribution in [2.45, 2.75) is 97.2 Å². The van der Waals surface area contributed by atoms with Crippen LogP contribution in [-0.4, -0.2) is 56.8 Å². The van der Waals surface area contributed by atoms with Gasteiger partial charge in [0.15, 0.2) is 11.5 Å². The molecule has 4 saturated carbocycles. The first-order valence-corrected chi connectivity index (χ1v) is 15.7. The number of carbonyl (C=O) groups is 2. The van der Waals surface area contributed by atoms with E-state index in [1.807, 2.05) is 0 Å². The van der Waals surface area contributed by atoms with Crippen LogP contribution in [0.5, 0.6) is 11.5 Å². The first-order chi connectivity index (χ1) is 19.8. The number of phenols is 1. The van der Waals surface area contributed by atoms with Crippen LogP contribution >= 0.6 is 0 Å². The van der Waals surface area contributed by atoms with E-state index in [0.717, 1.165) is 38.2 Å². The molecule has 8 nitrogen and oxygen atoms in total. The quantitative estimate of drug-likeness (QED) is 0.246. The number of aliphatic hydroxyl groups is 2. The Hall–Kier alpha value is -2.58. The third-order valence-corrected chi connectivity index (χ3v) is 11.9. The number of benzene rings is 1. The fourth-order valence-electron chi connectivity index (χ4n) is 9.69. The molecule has 42 heavy (non-hydrogen) atoms. The summed E-state index contributed by atoms with van der Waals surface area (Å²) in [6.07, 6.45) is 11.6. The minimum Gasteiger partial charge on any atom is -0.504 e. The zero-order chi connectivity index (χ0) is 30.8. The van der Waals surface area contributed by atoms with Crippen LogP contribution in [0.15, 0.2) is 24.3 Å². The SMILES string of the molecule is COc1cc(/C=C/C(=O)O)ccc1O.C[C@H](CCC(=O)O)[C@H]1CCC2C3C(CC[C@@]21C)[C@@]1(C)CC[C@@H](O)C[C@H]1C[C@@H]3O. The van der Waals surface area contributed by atoms with E-state index in [-0.39, 0.29) is 35.2 Å². The molecule has 0 amide bonds. The van der Waals surface area contributed by atoms with Crippen molar-refractivity contribution >= 4 is 18.0 Å². The van der Waals surface area contributed by atoms with Gasteiger partial charge in [0.25, 0.3) is 0 Å². The molecular weight excluding hydrogens is 536 g/mol. The van der Waals surface area contributed by atoms with E-state index in [9.17, 15) is 24.9 Å². The smallest absolute Gasteiger partial charge is 0.328 e. The van der Waals surface area contributed by atoms with Crippen molar-refractivity contribution in [2.24, 2.45) is 46.3 Å². The number of phenolic OH excluding ortho intramolecular Hbond substituents is 1. The first kappa shape index (κ1) is 32.3. The van der Waals surface area contributed by atoms with Gasteiger partial charge >= 0.3 is 11.9 Å². The van der Waals surface area contributed by atoms with E-state index in [1.165, 1.54) is 44.9 Å². The zero-order valence-corrected chi connectivity index (χ0v) is 25.5. The molecule has 4 aliphatic carbocycles. The summed E-state index contributed by atoms with van der Waals surface area (Å²) >= 11 is 0. The Labute approximate surface area is 249 Å². The van der Waals surface area contributed by atoms with Crippen LogP contribution in [0, 0.1) is 46.3 Å². The van der Waals surface area contributed by atoms with Gasteiger partial charge in [-0.2, -0.15) is 0 Å². The summed E-state index contributed by atoms with van der Waals surface area (Å²) in [5.41, 5.74) is 1.18. The first-order valence-electron chi connectivity index (χ1n) is 15.7. The number of aromatic hydroxyl groups is 1. The Morgan fingerprint density at radius 1 is 1.02 bits per heavy atom. The molecule has 0 aliphatic heterocycles. The largest absolute Gasteiger partial charge is 0.504 e. The second-order valence-corrected chi connectivity index (χ2v) is 14.0. The van der Waals surface area contributed by atoms with Crippen molar-refractivity contribution in [2.75, 3.05) is 7.11 Å². The molecule has 4 aliphatic rings.